The van der Waals surface area contributed by atoms with Crippen LogP contribution >= 0.6 is 0 Å². The van der Waals surface area contributed by atoms with Gasteiger partial charge in [0.15, 0.2) is 0 Å². The molecule has 2 atom stereocenters. The molecule has 2 rings (SSSR count). The van der Waals surface area contributed by atoms with Crippen LogP contribution in [0.25, 0.3) is 0 Å². The minimum atomic E-state index is -4.19. The largest absolute Gasteiger partial charge is 0.444 e. The Morgan fingerprint density at radius 1 is 1.21 bits per heavy atom. The molecular formula is C17H28F3NO3. The van der Waals surface area contributed by atoms with Gasteiger partial charge in [-0.1, -0.05) is 0 Å². The van der Waals surface area contributed by atoms with Crippen LogP contribution in [0.2, 0.25) is 0 Å². The molecule has 7 heteroatoms. The maximum atomic E-state index is 12.5. The second-order valence-corrected chi connectivity index (χ2v) is 8.23. The predicted octanol–water partition coefficient (Wildman–Crippen LogP) is 4.40. The number of halogens is 3. The Hall–Kier alpha value is -0.980. The molecule has 4 nitrogen and oxygen atoms in total. The molecule has 1 amide bonds. The molecule has 0 spiro atoms. The second kappa shape index (κ2) is 6.73. The van der Waals surface area contributed by atoms with Crippen molar-refractivity contribution < 1.29 is 27.8 Å². The van der Waals surface area contributed by atoms with Gasteiger partial charge in [0.25, 0.3) is 0 Å². The Morgan fingerprint density at radius 2 is 1.75 bits per heavy atom. The van der Waals surface area contributed by atoms with E-state index < -0.39 is 23.8 Å². The number of carbonyl (C=O) groups is 1. The average Bonchev–Trinajstić information content (AvgIpc) is 2.33. The van der Waals surface area contributed by atoms with Gasteiger partial charge in [0.05, 0.1) is 5.60 Å². The molecule has 1 N–H and O–H groups in total. The molecule has 0 aliphatic carbocycles. The molecule has 2 saturated heterocycles. The van der Waals surface area contributed by atoms with Gasteiger partial charge in [0.1, 0.15) is 5.60 Å². The van der Waals surface area contributed by atoms with E-state index in [2.05, 4.69) is 0 Å². The van der Waals surface area contributed by atoms with Crippen molar-refractivity contribution in [1.29, 1.82) is 0 Å². The number of nitrogens with zero attached hydrogens (tertiary/aromatic N) is 1. The molecule has 2 aliphatic rings. The van der Waals surface area contributed by atoms with E-state index in [0.717, 1.165) is 19.3 Å². The normalized spacial score (nSPS) is 31.0. The van der Waals surface area contributed by atoms with Crippen LogP contribution in [0.3, 0.4) is 0 Å². The van der Waals surface area contributed by atoms with Crippen LogP contribution in [0.5, 0.6) is 0 Å². The standard InChI is InChI=1S/C17H28F3NO3/c1-15(2,3)24-14(22)21-12-6-4-7-13(21)11-16(23,10-12)8-5-9-17(18,19)20/h12-13,23H,4-11H2,1-3H3. The van der Waals surface area contributed by atoms with Crippen molar-refractivity contribution in [3.05, 3.63) is 0 Å². The molecule has 0 aromatic carbocycles. The van der Waals surface area contributed by atoms with Crippen LogP contribution in [-0.2, 0) is 4.74 Å². The first-order valence-corrected chi connectivity index (χ1v) is 8.69. The van der Waals surface area contributed by atoms with E-state index in [-0.39, 0.29) is 31.0 Å². The van der Waals surface area contributed by atoms with Crippen LogP contribution < -0.4 is 0 Å². The Balaban J connectivity index is 2.00. The van der Waals surface area contributed by atoms with E-state index in [0.29, 0.717) is 12.8 Å². The summed E-state index contributed by atoms with van der Waals surface area (Å²) in [5, 5.41) is 10.8. The molecule has 140 valence electrons. The number of hydrogen-bond donors (Lipinski definition) is 1. The lowest BCUT2D eigenvalue weighted by Gasteiger charge is -2.51. The zero-order valence-electron chi connectivity index (χ0n) is 14.7. The molecule has 0 aromatic rings. The number of amides is 1. The summed E-state index contributed by atoms with van der Waals surface area (Å²) in [5.41, 5.74) is -1.70. The van der Waals surface area contributed by atoms with Crippen molar-refractivity contribution in [3.63, 3.8) is 0 Å². The number of rotatable bonds is 3. The number of ether oxygens (including phenoxy) is 1. The molecule has 0 saturated carbocycles. The van der Waals surface area contributed by atoms with E-state index in [1.165, 1.54) is 0 Å². The van der Waals surface area contributed by atoms with Gasteiger partial charge in [-0.3, -0.25) is 0 Å². The van der Waals surface area contributed by atoms with Crippen LogP contribution in [0.15, 0.2) is 0 Å². The lowest BCUT2D eigenvalue weighted by Crippen LogP contribution is -2.60. The Morgan fingerprint density at radius 3 is 2.21 bits per heavy atom. The first-order chi connectivity index (χ1) is 10.9. The maximum absolute atomic E-state index is 12.5. The third-order valence-corrected chi connectivity index (χ3v) is 4.80. The van der Waals surface area contributed by atoms with E-state index in [4.69, 9.17) is 4.74 Å². The fraction of sp³-hybridized carbons (Fsp3) is 0.941. The molecule has 0 radical (unpaired) electrons. The summed E-state index contributed by atoms with van der Waals surface area (Å²) in [6.07, 6.45) is -2.24. The molecule has 2 bridgehead atoms. The van der Waals surface area contributed by atoms with E-state index in [1.807, 2.05) is 0 Å². The van der Waals surface area contributed by atoms with Gasteiger partial charge < -0.3 is 14.7 Å². The highest BCUT2D eigenvalue weighted by molar-refractivity contribution is 5.69. The number of hydrogen-bond acceptors (Lipinski definition) is 3. The lowest BCUT2D eigenvalue weighted by atomic mass is 9.73. The van der Waals surface area contributed by atoms with Crippen molar-refractivity contribution in [2.45, 2.75) is 102 Å². The highest BCUT2D eigenvalue weighted by atomic mass is 19.4. The smallest absolute Gasteiger partial charge is 0.410 e. The van der Waals surface area contributed by atoms with Crippen molar-refractivity contribution in [1.82, 2.24) is 4.90 Å². The van der Waals surface area contributed by atoms with Gasteiger partial charge in [-0.25, -0.2) is 4.79 Å². The minimum Gasteiger partial charge on any atom is -0.444 e. The van der Waals surface area contributed by atoms with Gasteiger partial charge in [-0.05, 0) is 65.7 Å². The van der Waals surface area contributed by atoms with Gasteiger partial charge in [-0.15, -0.1) is 0 Å². The summed E-state index contributed by atoms with van der Waals surface area (Å²) in [7, 11) is 0. The summed E-state index contributed by atoms with van der Waals surface area (Å²) in [4.78, 5) is 14.2. The Bertz CT molecular complexity index is 445. The topological polar surface area (TPSA) is 49.8 Å². The van der Waals surface area contributed by atoms with Crippen LogP contribution in [0.1, 0.15) is 72.1 Å². The molecule has 24 heavy (non-hydrogen) atoms. The van der Waals surface area contributed by atoms with E-state index in [1.54, 1.807) is 25.7 Å². The summed E-state index contributed by atoms with van der Waals surface area (Å²) in [5.74, 6) is 0. The Kier molecular flexibility index (Phi) is 5.43. The fourth-order valence-electron chi connectivity index (χ4n) is 3.96. The molecule has 2 unspecified atom stereocenters. The number of carbonyl (C=O) groups excluding carboxylic acids is 1. The van der Waals surface area contributed by atoms with Crippen LogP contribution in [0.4, 0.5) is 18.0 Å². The first-order valence-electron chi connectivity index (χ1n) is 8.69. The average molecular weight is 351 g/mol. The minimum absolute atomic E-state index is 0.0775. The number of piperidine rings is 2. The van der Waals surface area contributed by atoms with Crippen molar-refractivity contribution >= 4 is 6.09 Å². The number of alkyl halides is 3. The molecule has 0 aromatic heterocycles. The summed E-state index contributed by atoms with van der Waals surface area (Å²) < 4.78 is 42.5. The predicted molar refractivity (Wildman–Crippen MR) is 83.6 cm³/mol. The van der Waals surface area contributed by atoms with Gasteiger partial charge >= 0.3 is 12.3 Å². The zero-order valence-corrected chi connectivity index (χ0v) is 14.7. The quantitative estimate of drug-likeness (QED) is 0.820. The summed E-state index contributed by atoms with van der Waals surface area (Å²) in [6, 6.07) is -0.300. The molecular weight excluding hydrogens is 323 g/mol. The number of fused-ring (bicyclic) bond motifs is 2. The third kappa shape index (κ3) is 5.26. The summed E-state index contributed by atoms with van der Waals surface area (Å²) in [6.45, 7) is 5.41. The fourth-order valence-corrected chi connectivity index (χ4v) is 3.96. The van der Waals surface area contributed by atoms with E-state index >= 15 is 0 Å². The van der Waals surface area contributed by atoms with Crippen molar-refractivity contribution in [3.8, 4) is 0 Å². The van der Waals surface area contributed by atoms with Gasteiger partial charge in [-0.2, -0.15) is 13.2 Å². The highest BCUT2D eigenvalue weighted by Crippen LogP contribution is 2.42. The molecule has 2 heterocycles. The number of aliphatic hydroxyl groups is 1. The Labute approximate surface area is 141 Å². The summed E-state index contributed by atoms with van der Waals surface area (Å²) >= 11 is 0. The maximum Gasteiger partial charge on any atom is 0.410 e. The van der Waals surface area contributed by atoms with Crippen molar-refractivity contribution in [2.75, 3.05) is 0 Å². The highest BCUT2D eigenvalue weighted by Gasteiger charge is 2.48. The van der Waals surface area contributed by atoms with Crippen molar-refractivity contribution in [2.24, 2.45) is 0 Å². The monoisotopic (exact) mass is 351 g/mol. The van der Waals surface area contributed by atoms with Crippen LogP contribution in [-0.4, -0.2) is 45.6 Å². The lowest BCUT2D eigenvalue weighted by molar-refractivity contribution is -0.141. The SMILES string of the molecule is CC(C)(C)OC(=O)N1C2CCCC1CC(O)(CCCC(F)(F)F)C2. The van der Waals surface area contributed by atoms with E-state index in [9.17, 15) is 23.1 Å². The van der Waals surface area contributed by atoms with Crippen LogP contribution in [0, 0.1) is 0 Å². The molecule has 2 fully saturated rings. The second-order valence-electron chi connectivity index (χ2n) is 8.23. The first kappa shape index (κ1) is 19.3. The third-order valence-electron chi connectivity index (χ3n) is 4.80. The molecule has 2 aliphatic heterocycles. The van der Waals surface area contributed by atoms with Gasteiger partial charge in [0.2, 0.25) is 0 Å². The zero-order chi connectivity index (χ0) is 18.2. The van der Waals surface area contributed by atoms with Gasteiger partial charge in [0, 0.05) is 18.5 Å².